The highest BCUT2D eigenvalue weighted by Crippen LogP contribution is 2.31. The van der Waals surface area contributed by atoms with Crippen LogP contribution in [0.15, 0.2) is 12.1 Å². The van der Waals surface area contributed by atoms with Crippen LogP contribution in [0, 0.1) is 0 Å². The molecular formula is C11H15ClN2OS. The first-order valence-electron chi connectivity index (χ1n) is 5.23. The Hall–Kier alpha value is -0.580. The van der Waals surface area contributed by atoms with E-state index in [9.17, 15) is 4.79 Å². The number of nitrogens with two attached hydrogens (primary N) is 1. The first-order valence-corrected chi connectivity index (χ1v) is 6.42. The van der Waals surface area contributed by atoms with Crippen molar-refractivity contribution in [1.29, 1.82) is 0 Å². The molecule has 1 unspecified atom stereocenters. The number of hydrogen-bond donors (Lipinski definition) is 1. The van der Waals surface area contributed by atoms with Crippen molar-refractivity contribution in [3.8, 4) is 0 Å². The molecule has 2 rings (SSSR count). The number of thiophene rings is 1. The third-order valence-corrected chi connectivity index (χ3v) is 4.16. The summed E-state index contributed by atoms with van der Waals surface area (Å²) < 4.78 is 0.643. The highest BCUT2D eigenvalue weighted by molar-refractivity contribution is 7.17. The van der Waals surface area contributed by atoms with Crippen molar-refractivity contribution in [3.05, 3.63) is 21.3 Å². The molecule has 1 aliphatic rings. The van der Waals surface area contributed by atoms with Crippen LogP contribution >= 0.6 is 22.9 Å². The molecule has 0 bridgehead atoms. The van der Waals surface area contributed by atoms with Crippen molar-refractivity contribution in [1.82, 2.24) is 4.90 Å². The first-order chi connectivity index (χ1) is 7.40. The van der Waals surface area contributed by atoms with Gasteiger partial charge in [-0.3, -0.25) is 4.79 Å². The van der Waals surface area contributed by atoms with Crippen molar-refractivity contribution < 1.29 is 4.79 Å². The highest BCUT2D eigenvalue weighted by Gasteiger charge is 2.40. The van der Waals surface area contributed by atoms with E-state index in [1.54, 1.807) is 12.1 Å². The van der Waals surface area contributed by atoms with Crippen LogP contribution in [0.25, 0.3) is 0 Å². The number of halogens is 1. The van der Waals surface area contributed by atoms with Gasteiger partial charge in [0.05, 0.1) is 9.21 Å². The molecular weight excluding hydrogens is 244 g/mol. The van der Waals surface area contributed by atoms with E-state index in [0.29, 0.717) is 15.8 Å². The normalized spacial score (nSPS) is 23.8. The van der Waals surface area contributed by atoms with Crippen molar-refractivity contribution in [3.63, 3.8) is 0 Å². The summed E-state index contributed by atoms with van der Waals surface area (Å²) in [4.78, 5) is 14.8. The maximum Gasteiger partial charge on any atom is 0.264 e. The Morgan fingerprint density at radius 2 is 2.31 bits per heavy atom. The van der Waals surface area contributed by atoms with Crippen LogP contribution < -0.4 is 5.73 Å². The molecule has 1 atom stereocenters. The fraction of sp³-hybridized carbons (Fsp3) is 0.545. The number of nitrogens with zero attached hydrogens (tertiary/aromatic N) is 1. The molecule has 88 valence electrons. The predicted octanol–water partition coefficient (Wildman–Crippen LogP) is 2.35. The minimum atomic E-state index is -0.160. The van der Waals surface area contributed by atoms with E-state index >= 15 is 0 Å². The molecule has 1 aromatic rings. The Morgan fingerprint density at radius 3 is 2.75 bits per heavy atom. The Bertz CT molecular complexity index is 416. The monoisotopic (exact) mass is 258 g/mol. The maximum atomic E-state index is 12.2. The van der Waals surface area contributed by atoms with E-state index < -0.39 is 0 Å². The van der Waals surface area contributed by atoms with Crippen molar-refractivity contribution in [2.45, 2.75) is 31.8 Å². The zero-order valence-electron chi connectivity index (χ0n) is 9.37. The Balaban J connectivity index is 2.22. The van der Waals surface area contributed by atoms with Crippen LogP contribution in [0.3, 0.4) is 0 Å². The van der Waals surface area contributed by atoms with Crippen LogP contribution in [0.2, 0.25) is 4.34 Å². The summed E-state index contributed by atoms with van der Waals surface area (Å²) in [5, 5.41) is 0. The summed E-state index contributed by atoms with van der Waals surface area (Å²) in [7, 11) is 0. The van der Waals surface area contributed by atoms with Gasteiger partial charge in [0.25, 0.3) is 5.91 Å². The SMILES string of the molecule is CC1(C)CC(N)CN1C(=O)c1ccc(Cl)s1. The van der Waals surface area contributed by atoms with Crippen LogP contribution in [-0.2, 0) is 0 Å². The molecule has 16 heavy (non-hydrogen) atoms. The number of amides is 1. The summed E-state index contributed by atoms with van der Waals surface area (Å²) in [6.07, 6.45) is 0.845. The summed E-state index contributed by atoms with van der Waals surface area (Å²) in [5.74, 6) is 0.0369. The maximum absolute atomic E-state index is 12.2. The molecule has 1 aliphatic heterocycles. The predicted molar refractivity (Wildman–Crippen MR) is 67.0 cm³/mol. The molecule has 3 nitrogen and oxygen atoms in total. The minimum Gasteiger partial charge on any atom is -0.331 e. The number of carbonyl (C=O) groups excluding carboxylic acids is 1. The zero-order valence-corrected chi connectivity index (χ0v) is 10.9. The van der Waals surface area contributed by atoms with Gasteiger partial charge in [0, 0.05) is 18.1 Å². The van der Waals surface area contributed by atoms with Crippen molar-refractivity contribution in [2.24, 2.45) is 5.73 Å². The largest absolute Gasteiger partial charge is 0.331 e. The van der Waals surface area contributed by atoms with Gasteiger partial charge in [-0.25, -0.2) is 0 Å². The molecule has 1 fully saturated rings. The van der Waals surface area contributed by atoms with Gasteiger partial charge in [-0.1, -0.05) is 11.6 Å². The van der Waals surface area contributed by atoms with E-state index in [0.717, 1.165) is 6.42 Å². The first kappa shape index (κ1) is 11.9. The van der Waals surface area contributed by atoms with Gasteiger partial charge < -0.3 is 10.6 Å². The van der Waals surface area contributed by atoms with Crippen LogP contribution in [0.1, 0.15) is 29.9 Å². The van der Waals surface area contributed by atoms with Crippen LogP contribution in [-0.4, -0.2) is 28.9 Å². The lowest BCUT2D eigenvalue weighted by molar-refractivity contribution is 0.0656. The van der Waals surface area contributed by atoms with Gasteiger partial charge >= 0.3 is 0 Å². The van der Waals surface area contributed by atoms with Gasteiger partial charge in [0.2, 0.25) is 0 Å². The molecule has 2 heterocycles. The molecule has 0 radical (unpaired) electrons. The molecule has 0 saturated carbocycles. The second-order valence-electron chi connectivity index (χ2n) is 4.80. The topological polar surface area (TPSA) is 46.3 Å². The molecule has 2 N–H and O–H groups in total. The minimum absolute atomic E-state index is 0.0369. The average molecular weight is 259 g/mol. The van der Waals surface area contributed by atoms with Gasteiger partial charge in [0.1, 0.15) is 0 Å². The Kier molecular flexibility index (Phi) is 2.99. The summed E-state index contributed by atoms with van der Waals surface area (Å²) >= 11 is 7.15. The lowest BCUT2D eigenvalue weighted by Gasteiger charge is -2.30. The van der Waals surface area contributed by atoms with Crippen LogP contribution in [0.5, 0.6) is 0 Å². The van der Waals surface area contributed by atoms with Crippen molar-refractivity contribution >= 4 is 28.8 Å². The lowest BCUT2D eigenvalue weighted by Crippen LogP contribution is -2.42. The highest BCUT2D eigenvalue weighted by atomic mass is 35.5. The zero-order chi connectivity index (χ0) is 11.9. The van der Waals surface area contributed by atoms with Gasteiger partial charge in [-0.2, -0.15) is 0 Å². The molecule has 0 spiro atoms. The smallest absolute Gasteiger partial charge is 0.264 e. The molecule has 1 amide bonds. The standard InChI is InChI=1S/C11H15ClN2OS/c1-11(2)5-7(13)6-14(11)10(15)8-3-4-9(12)16-8/h3-4,7H,5-6,13H2,1-2H3. The second-order valence-corrected chi connectivity index (χ2v) is 6.51. The fourth-order valence-corrected chi connectivity index (χ4v) is 3.21. The van der Waals surface area contributed by atoms with Crippen molar-refractivity contribution in [2.75, 3.05) is 6.54 Å². The molecule has 0 aromatic carbocycles. The lowest BCUT2D eigenvalue weighted by atomic mass is 10.0. The molecule has 1 saturated heterocycles. The number of likely N-dealkylation sites (tertiary alicyclic amines) is 1. The van der Waals surface area contributed by atoms with E-state index in [1.807, 2.05) is 18.7 Å². The number of carbonyl (C=O) groups is 1. The summed E-state index contributed by atoms with van der Waals surface area (Å²) in [5.41, 5.74) is 5.75. The molecule has 5 heteroatoms. The number of hydrogen-bond acceptors (Lipinski definition) is 3. The number of rotatable bonds is 1. The second kappa shape index (κ2) is 4.02. The van der Waals surface area contributed by atoms with E-state index in [-0.39, 0.29) is 17.5 Å². The van der Waals surface area contributed by atoms with E-state index in [2.05, 4.69) is 0 Å². The Labute approximate surface area is 104 Å². The Morgan fingerprint density at radius 1 is 1.62 bits per heavy atom. The third kappa shape index (κ3) is 2.10. The average Bonchev–Trinajstić information content (AvgIpc) is 2.69. The van der Waals surface area contributed by atoms with Gasteiger partial charge in [-0.05, 0) is 32.4 Å². The van der Waals surface area contributed by atoms with Crippen LogP contribution in [0.4, 0.5) is 0 Å². The van der Waals surface area contributed by atoms with E-state index in [4.69, 9.17) is 17.3 Å². The molecule has 0 aliphatic carbocycles. The third-order valence-electron chi connectivity index (χ3n) is 2.94. The fourth-order valence-electron chi connectivity index (χ4n) is 2.22. The molecule has 1 aromatic heterocycles. The van der Waals surface area contributed by atoms with Gasteiger partial charge in [-0.15, -0.1) is 11.3 Å². The summed E-state index contributed by atoms with van der Waals surface area (Å²) in [6, 6.07) is 3.60. The van der Waals surface area contributed by atoms with Gasteiger partial charge in [0.15, 0.2) is 0 Å². The quantitative estimate of drug-likeness (QED) is 0.841. The van der Waals surface area contributed by atoms with E-state index in [1.165, 1.54) is 11.3 Å². The summed E-state index contributed by atoms with van der Waals surface area (Å²) in [6.45, 7) is 4.72.